The van der Waals surface area contributed by atoms with Crippen LogP contribution in [0.1, 0.15) is 23.0 Å². The molecule has 0 aliphatic heterocycles. The number of aromatic amines is 2. The number of ketones is 1. The molecule has 0 radical (unpaired) electrons. The Bertz CT molecular complexity index is 945. The summed E-state index contributed by atoms with van der Waals surface area (Å²) in [5, 5.41) is 0.836. The van der Waals surface area contributed by atoms with Gasteiger partial charge in [-0.2, -0.15) is 0 Å². The van der Waals surface area contributed by atoms with Gasteiger partial charge in [0.2, 0.25) is 0 Å². The van der Waals surface area contributed by atoms with Crippen molar-refractivity contribution >= 4 is 34.3 Å². The van der Waals surface area contributed by atoms with Gasteiger partial charge in [-0.1, -0.05) is 30.0 Å². The number of H-pyrrole nitrogens is 2. The molecule has 6 nitrogen and oxygen atoms in total. The number of hydrogen-bond acceptors (Lipinski definition) is 5. The smallest absolute Gasteiger partial charge is 0.253 e. The number of hydrogen-bond donors (Lipinski definition) is 3. The first kappa shape index (κ1) is 15.4. The third-order valence-electron chi connectivity index (χ3n) is 3.54. The molecular formula is C16H16N4O2S. The zero-order valence-corrected chi connectivity index (χ0v) is 13.5. The van der Waals surface area contributed by atoms with Crippen LogP contribution in [0, 0.1) is 6.92 Å². The molecule has 0 unspecified atom stereocenters. The van der Waals surface area contributed by atoms with Gasteiger partial charge < -0.3 is 15.7 Å². The van der Waals surface area contributed by atoms with E-state index >= 15 is 0 Å². The Morgan fingerprint density at radius 2 is 2.04 bits per heavy atom. The third kappa shape index (κ3) is 3.00. The van der Waals surface area contributed by atoms with Gasteiger partial charge in [0, 0.05) is 28.2 Å². The second-order valence-corrected chi connectivity index (χ2v) is 6.60. The van der Waals surface area contributed by atoms with Crippen molar-refractivity contribution in [3.05, 3.63) is 51.9 Å². The molecule has 3 rings (SSSR count). The second kappa shape index (κ2) is 5.92. The molecule has 4 N–H and O–H groups in total. The van der Waals surface area contributed by atoms with Gasteiger partial charge in [-0.05, 0) is 19.9 Å². The van der Waals surface area contributed by atoms with Crippen LogP contribution >= 0.6 is 11.8 Å². The van der Waals surface area contributed by atoms with Gasteiger partial charge >= 0.3 is 0 Å². The number of aromatic nitrogens is 3. The van der Waals surface area contributed by atoms with Crippen molar-refractivity contribution in [2.45, 2.75) is 24.3 Å². The molecule has 0 amide bonds. The monoisotopic (exact) mass is 328 g/mol. The first-order valence-electron chi connectivity index (χ1n) is 7.10. The molecule has 1 atom stereocenters. The van der Waals surface area contributed by atoms with E-state index in [9.17, 15) is 9.59 Å². The molecule has 0 saturated carbocycles. The van der Waals surface area contributed by atoms with E-state index in [1.807, 2.05) is 31.2 Å². The number of nitrogens with two attached hydrogens (primary N) is 1. The lowest BCUT2D eigenvalue weighted by molar-refractivity contribution is 0.0995. The number of para-hydroxylation sites is 1. The van der Waals surface area contributed by atoms with Crippen LogP contribution in [0.15, 0.2) is 40.3 Å². The largest absolute Gasteiger partial charge is 0.383 e. The van der Waals surface area contributed by atoms with E-state index < -0.39 is 5.25 Å². The number of Topliss-reactive ketones (excluding diaryl/α,β-unsaturated/α-hetero) is 1. The van der Waals surface area contributed by atoms with E-state index in [0.29, 0.717) is 10.7 Å². The molecular weight excluding hydrogens is 312 g/mol. The molecule has 2 heterocycles. The van der Waals surface area contributed by atoms with Gasteiger partial charge in [0.15, 0.2) is 10.9 Å². The van der Waals surface area contributed by atoms with Gasteiger partial charge in [0.25, 0.3) is 5.56 Å². The Balaban J connectivity index is 1.92. The van der Waals surface area contributed by atoms with Crippen LogP contribution in [-0.2, 0) is 0 Å². The normalized spacial score (nSPS) is 12.4. The average Bonchev–Trinajstić information content (AvgIpc) is 2.81. The molecule has 0 bridgehead atoms. The number of fused-ring (bicyclic) bond motifs is 1. The lowest BCUT2D eigenvalue weighted by Gasteiger charge is -2.10. The third-order valence-corrected chi connectivity index (χ3v) is 4.52. The Morgan fingerprint density at radius 1 is 1.30 bits per heavy atom. The number of aryl methyl sites for hydroxylation is 1. The minimum Gasteiger partial charge on any atom is -0.383 e. The summed E-state index contributed by atoms with van der Waals surface area (Å²) >= 11 is 1.19. The molecule has 23 heavy (non-hydrogen) atoms. The van der Waals surface area contributed by atoms with Gasteiger partial charge in [-0.15, -0.1) is 0 Å². The Hall–Kier alpha value is -2.54. The van der Waals surface area contributed by atoms with Gasteiger partial charge in [0.1, 0.15) is 5.82 Å². The number of carbonyl (C=O) groups excluding carboxylic acids is 1. The minimum atomic E-state index is -0.405. The molecule has 3 aromatic rings. The number of benzene rings is 1. The van der Waals surface area contributed by atoms with Gasteiger partial charge in [-0.25, -0.2) is 4.98 Å². The fraction of sp³-hybridized carbons (Fsp3) is 0.188. The van der Waals surface area contributed by atoms with Crippen LogP contribution in [0.2, 0.25) is 0 Å². The number of nitrogen functional groups attached to an aromatic ring is 1. The van der Waals surface area contributed by atoms with Gasteiger partial charge in [0.05, 0.1) is 5.25 Å². The van der Waals surface area contributed by atoms with Crippen molar-refractivity contribution in [2.75, 3.05) is 5.73 Å². The fourth-order valence-electron chi connectivity index (χ4n) is 2.53. The quantitative estimate of drug-likeness (QED) is 0.388. The Labute approximate surface area is 136 Å². The van der Waals surface area contributed by atoms with E-state index in [0.717, 1.165) is 16.6 Å². The van der Waals surface area contributed by atoms with Crippen molar-refractivity contribution in [1.29, 1.82) is 0 Å². The number of nitrogens with zero attached hydrogens (tertiary/aromatic N) is 1. The van der Waals surface area contributed by atoms with Gasteiger partial charge in [-0.3, -0.25) is 9.59 Å². The SMILES string of the molecule is Cc1[nH]c2ccccc2c1C(=O)[C@@H](C)Sc1nc(N)cc(=O)[nH]1. The van der Waals surface area contributed by atoms with E-state index in [-0.39, 0.29) is 17.2 Å². The minimum absolute atomic E-state index is 0.0185. The van der Waals surface area contributed by atoms with Crippen molar-refractivity contribution in [3.63, 3.8) is 0 Å². The molecule has 7 heteroatoms. The number of thioether (sulfide) groups is 1. The highest BCUT2D eigenvalue weighted by Crippen LogP contribution is 2.28. The van der Waals surface area contributed by atoms with Crippen LogP contribution < -0.4 is 11.3 Å². The first-order valence-corrected chi connectivity index (χ1v) is 7.98. The first-order chi connectivity index (χ1) is 11.0. The predicted molar refractivity (Wildman–Crippen MR) is 92.0 cm³/mol. The summed E-state index contributed by atoms with van der Waals surface area (Å²) in [6.45, 7) is 3.67. The number of anilines is 1. The maximum absolute atomic E-state index is 12.8. The zero-order valence-electron chi connectivity index (χ0n) is 12.7. The van der Waals surface area contributed by atoms with E-state index in [1.54, 1.807) is 6.92 Å². The topological polar surface area (TPSA) is 105 Å². The predicted octanol–water partition coefficient (Wildman–Crippen LogP) is 2.51. The second-order valence-electron chi connectivity index (χ2n) is 5.27. The van der Waals surface area contributed by atoms with E-state index in [4.69, 9.17) is 5.73 Å². The lowest BCUT2D eigenvalue weighted by atomic mass is 10.1. The van der Waals surface area contributed by atoms with E-state index in [2.05, 4.69) is 15.0 Å². The summed E-state index contributed by atoms with van der Waals surface area (Å²) in [6.07, 6.45) is 0. The van der Waals surface area contributed by atoms with Crippen molar-refractivity contribution in [1.82, 2.24) is 15.0 Å². The van der Waals surface area contributed by atoms with Crippen LogP contribution in [0.5, 0.6) is 0 Å². The van der Waals surface area contributed by atoms with Crippen molar-refractivity contribution in [3.8, 4) is 0 Å². The highest BCUT2D eigenvalue weighted by molar-refractivity contribution is 8.00. The highest BCUT2D eigenvalue weighted by atomic mass is 32.2. The maximum Gasteiger partial charge on any atom is 0.253 e. The Kier molecular flexibility index (Phi) is 3.96. The molecule has 0 saturated heterocycles. The molecule has 0 fully saturated rings. The average molecular weight is 328 g/mol. The lowest BCUT2D eigenvalue weighted by Crippen LogP contribution is -2.17. The summed E-state index contributed by atoms with van der Waals surface area (Å²) in [4.78, 5) is 34.1. The summed E-state index contributed by atoms with van der Waals surface area (Å²) < 4.78 is 0. The fourth-order valence-corrected chi connectivity index (χ4v) is 3.40. The molecule has 1 aromatic carbocycles. The van der Waals surface area contributed by atoms with Crippen molar-refractivity contribution < 1.29 is 4.79 Å². The maximum atomic E-state index is 12.8. The number of nitrogens with one attached hydrogen (secondary N) is 2. The summed E-state index contributed by atoms with van der Waals surface area (Å²) in [5.41, 5.74) is 7.68. The molecule has 0 aliphatic carbocycles. The van der Waals surface area contributed by atoms with Crippen LogP contribution in [0.3, 0.4) is 0 Å². The molecule has 2 aromatic heterocycles. The molecule has 0 spiro atoms. The summed E-state index contributed by atoms with van der Waals surface area (Å²) in [6, 6.07) is 8.89. The number of rotatable bonds is 4. The van der Waals surface area contributed by atoms with Crippen LogP contribution in [-0.4, -0.2) is 26.0 Å². The summed E-state index contributed by atoms with van der Waals surface area (Å²) in [5.74, 6) is 0.120. The van der Waals surface area contributed by atoms with E-state index in [1.165, 1.54) is 17.8 Å². The number of carbonyl (C=O) groups is 1. The standard InChI is InChI=1S/C16H16N4O2S/c1-8-14(10-5-3-4-6-11(10)18-8)15(22)9(2)23-16-19-12(17)7-13(21)20-16/h3-7,9,18H,1-2H3,(H3,17,19,20,21)/t9-/m1/s1. The van der Waals surface area contributed by atoms with Crippen LogP contribution in [0.4, 0.5) is 5.82 Å². The highest BCUT2D eigenvalue weighted by Gasteiger charge is 2.23. The molecule has 118 valence electrons. The zero-order chi connectivity index (χ0) is 16.6. The summed E-state index contributed by atoms with van der Waals surface area (Å²) in [7, 11) is 0. The Morgan fingerprint density at radius 3 is 2.78 bits per heavy atom. The van der Waals surface area contributed by atoms with Crippen LogP contribution in [0.25, 0.3) is 10.9 Å². The molecule has 0 aliphatic rings. The van der Waals surface area contributed by atoms with Crippen molar-refractivity contribution in [2.24, 2.45) is 0 Å².